The number of nitrogens with one attached hydrogen (secondary N) is 1. The number of piperidine rings is 1. The van der Waals surface area contributed by atoms with Gasteiger partial charge in [-0.3, -0.25) is 10.1 Å². The molecular weight excluding hydrogens is 237 g/mol. The molecule has 1 aromatic rings. The molecule has 0 saturated carbocycles. The topological polar surface area (TPSA) is 58.6 Å². The fourth-order valence-electron chi connectivity index (χ4n) is 2.29. The summed E-state index contributed by atoms with van der Waals surface area (Å²) in [5.74, 6) is -0.784. The lowest BCUT2D eigenvalue weighted by Crippen LogP contribution is -2.42. The molecule has 1 aliphatic heterocycles. The third-order valence-corrected chi connectivity index (χ3v) is 3.27. The maximum Gasteiger partial charge on any atom is 0.320 e. The summed E-state index contributed by atoms with van der Waals surface area (Å²) in [5.41, 5.74) is 0.502. The summed E-state index contributed by atoms with van der Waals surface area (Å²) >= 11 is 0. The summed E-state index contributed by atoms with van der Waals surface area (Å²) in [6.07, 6.45) is 2.11. The first-order chi connectivity index (χ1) is 8.61. The molecule has 18 heavy (non-hydrogen) atoms. The Balaban J connectivity index is 2.18. The first-order valence-electron chi connectivity index (χ1n) is 5.94. The van der Waals surface area contributed by atoms with Gasteiger partial charge in [-0.2, -0.15) is 0 Å². The molecule has 2 N–H and O–H groups in total. The minimum absolute atomic E-state index is 0.245. The predicted molar refractivity (Wildman–Crippen MR) is 64.1 cm³/mol. The number of methoxy groups -OCH3 is 1. The van der Waals surface area contributed by atoms with Crippen LogP contribution in [0.1, 0.15) is 30.9 Å². The van der Waals surface area contributed by atoms with E-state index in [0.717, 1.165) is 12.8 Å². The molecular formula is C13H16FNO3. The van der Waals surface area contributed by atoms with Crippen LogP contribution in [0.5, 0.6) is 5.75 Å². The summed E-state index contributed by atoms with van der Waals surface area (Å²) in [4.78, 5) is 10.9. The molecule has 1 aromatic carbocycles. The third-order valence-electron chi connectivity index (χ3n) is 3.27. The Morgan fingerprint density at radius 2 is 2.28 bits per heavy atom. The number of ether oxygens (including phenoxy) is 1. The van der Waals surface area contributed by atoms with Gasteiger partial charge in [0.05, 0.1) is 7.11 Å². The number of carboxylic acid groups (broad SMARTS) is 1. The van der Waals surface area contributed by atoms with Gasteiger partial charge in [-0.05, 0) is 25.3 Å². The van der Waals surface area contributed by atoms with E-state index in [0.29, 0.717) is 17.7 Å². The van der Waals surface area contributed by atoms with E-state index in [1.165, 1.54) is 13.2 Å². The molecule has 0 amide bonds. The molecule has 0 bridgehead atoms. The van der Waals surface area contributed by atoms with Crippen molar-refractivity contribution in [2.24, 2.45) is 0 Å². The number of aliphatic carboxylic acids is 1. The van der Waals surface area contributed by atoms with E-state index in [2.05, 4.69) is 5.32 Å². The van der Waals surface area contributed by atoms with Crippen LogP contribution in [0.2, 0.25) is 0 Å². The highest BCUT2D eigenvalue weighted by molar-refractivity contribution is 5.73. The number of hydrogen-bond donors (Lipinski definition) is 2. The van der Waals surface area contributed by atoms with Crippen LogP contribution in [0.3, 0.4) is 0 Å². The van der Waals surface area contributed by atoms with Crippen LogP contribution < -0.4 is 10.1 Å². The van der Waals surface area contributed by atoms with Gasteiger partial charge in [0.2, 0.25) is 0 Å². The van der Waals surface area contributed by atoms with Crippen molar-refractivity contribution in [3.05, 3.63) is 29.6 Å². The lowest BCUT2D eigenvalue weighted by Gasteiger charge is -2.29. The van der Waals surface area contributed by atoms with Crippen molar-refractivity contribution in [3.63, 3.8) is 0 Å². The Kier molecular flexibility index (Phi) is 3.81. The predicted octanol–water partition coefficient (Wildman–Crippen LogP) is 2.10. The van der Waals surface area contributed by atoms with Gasteiger partial charge in [-0.25, -0.2) is 4.39 Å². The van der Waals surface area contributed by atoms with Crippen LogP contribution >= 0.6 is 0 Å². The summed E-state index contributed by atoms with van der Waals surface area (Å²) in [6, 6.07) is 3.82. The quantitative estimate of drug-likeness (QED) is 0.866. The molecule has 5 heteroatoms. The summed E-state index contributed by atoms with van der Waals surface area (Å²) in [6.45, 7) is 0. The van der Waals surface area contributed by atoms with Crippen LogP contribution in [0.15, 0.2) is 18.2 Å². The monoisotopic (exact) mass is 253 g/mol. The maximum atomic E-state index is 13.9. The molecule has 1 heterocycles. The summed E-state index contributed by atoms with van der Waals surface area (Å²) in [7, 11) is 1.48. The Morgan fingerprint density at radius 3 is 2.89 bits per heavy atom. The van der Waals surface area contributed by atoms with Crippen molar-refractivity contribution in [2.45, 2.75) is 31.3 Å². The number of hydrogen-bond acceptors (Lipinski definition) is 3. The zero-order chi connectivity index (χ0) is 13.1. The van der Waals surface area contributed by atoms with E-state index in [9.17, 15) is 9.18 Å². The molecule has 2 atom stereocenters. The normalized spacial score (nSPS) is 23.7. The van der Waals surface area contributed by atoms with Gasteiger partial charge in [0.1, 0.15) is 17.6 Å². The minimum Gasteiger partial charge on any atom is -0.497 e. The Labute approximate surface area is 105 Å². The van der Waals surface area contributed by atoms with Crippen molar-refractivity contribution >= 4 is 5.97 Å². The molecule has 2 rings (SSSR count). The largest absolute Gasteiger partial charge is 0.497 e. The lowest BCUT2D eigenvalue weighted by molar-refractivity contribution is -0.140. The fourth-order valence-corrected chi connectivity index (χ4v) is 2.29. The zero-order valence-corrected chi connectivity index (χ0v) is 10.1. The van der Waals surface area contributed by atoms with Crippen LogP contribution in [0.25, 0.3) is 0 Å². The highest BCUT2D eigenvalue weighted by Gasteiger charge is 2.28. The zero-order valence-electron chi connectivity index (χ0n) is 10.1. The SMILES string of the molecule is COc1ccc(C2CCCC(C(=O)O)N2)c(F)c1. The standard InChI is InChI=1S/C13H16FNO3/c1-18-8-5-6-9(10(14)7-8)11-3-2-4-12(15-11)13(16)17/h5-7,11-12,15H,2-4H2,1H3,(H,16,17). The van der Waals surface area contributed by atoms with E-state index in [1.54, 1.807) is 12.1 Å². The van der Waals surface area contributed by atoms with Crippen molar-refractivity contribution in [1.29, 1.82) is 0 Å². The highest BCUT2D eigenvalue weighted by atomic mass is 19.1. The van der Waals surface area contributed by atoms with Gasteiger partial charge in [-0.15, -0.1) is 0 Å². The van der Waals surface area contributed by atoms with Crippen molar-refractivity contribution in [2.75, 3.05) is 7.11 Å². The van der Waals surface area contributed by atoms with Gasteiger partial charge in [0.15, 0.2) is 0 Å². The van der Waals surface area contributed by atoms with Crippen LogP contribution in [0, 0.1) is 5.82 Å². The van der Waals surface area contributed by atoms with Crippen LogP contribution in [-0.4, -0.2) is 24.2 Å². The van der Waals surface area contributed by atoms with E-state index in [1.807, 2.05) is 0 Å². The molecule has 2 unspecified atom stereocenters. The van der Waals surface area contributed by atoms with Gasteiger partial charge in [0, 0.05) is 17.7 Å². The average molecular weight is 253 g/mol. The molecule has 0 aliphatic carbocycles. The number of benzene rings is 1. The highest BCUT2D eigenvalue weighted by Crippen LogP contribution is 2.29. The number of carbonyl (C=O) groups is 1. The maximum absolute atomic E-state index is 13.9. The Hall–Kier alpha value is -1.62. The summed E-state index contributed by atoms with van der Waals surface area (Å²) in [5, 5.41) is 11.9. The van der Waals surface area contributed by atoms with E-state index in [-0.39, 0.29) is 11.9 Å². The smallest absolute Gasteiger partial charge is 0.320 e. The van der Waals surface area contributed by atoms with Crippen molar-refractivity contribution in [1.82, 2.24) is 5.32 Å². The van der Waals surface area contributed by atoms with Gasteiger partial charge >= 0.3 is 5.97 Å². The lowest BCUT2D eigenvalue weighted by atomic mass is 9.93. The van der Waals surface area contributed by atoms with E-state index in [4.69, 9.17) is 9.84 Å². The molecule has 4 nitrogen and oxygen atoms in total. The van der Waals surface area contributed by atoms with Crippen LogP contribution in [0.4, 0.5) is 4.39 Å². The second kappa shape index (κ2) is 5.35. The molecule has 98 valence electrons. The molecule has 0 spiro atoms. The minimum atomic E-state index is -0.881. The second-order valence-electron chi connectivity index (χ2n) is 4.43. The molecule has 1 aliphatic rings. The first kappa shape index (κ1) is 12.8. The van der Waals surface area contributed by atoms with Crippen molar-refractivity contribution in [3.8, 4) is 5.75 Å². The van der Waals surface area contributed by atoms with Gasteiger partial charge < -0.3 is 9.84 Å². The van der Waals surface area contributed by atoms with Crippen LogP contribution in [-0.2, 0) is 4.79 Å². The number of halogens is 1. The first-order valence-corrected chi connectivity index (χ1v) is 5.94. The van der Waals surface area contributed by atoms with Crippen molar-refractivity contribution < 1.29 is 19.0 Å². The fraction of sp³-hybridized carbons (Fsp3) is 0.462. The average Bonchev–Trinajstić information content (AvgIpc) is 2.38. The Morgan fingerprint density at radius 1 is 1.50 bits per heavy atom. The molecule has 1 saturated heterocycles. The molecule has 0 radical (unpaired) electrons. The number of rotatable bonds is 3. The molecule has 1 fully saturated rings. The summed E-state index contributed by atoms with van der Waals surface area (Å²) < 4.78 is 18.8. The van der Waals surface area contributed by atoms with E-state index < -0.39 is 12.0 Å². The number of carboxylic acids is 1. The second-order valence-corrected chi connectivity index (χ2v) is 4.43. The van der Waals surface area contributed by atoms with Gasteiger partial charge in [-0.1, -0.05) is 6.07 Å². The molecule has 0 aromatic heterocycles. The van der Waals surface area contributed by atoms with Gasteiger partial charge in [0.25, 0.3) is 0 Å². The third kappa shape index (κ3) is 2.61. The Bertz CT molecular complexity index is 450. The van der Waals surface area contributed by atoms with E-state index >= 15 is 0 Å².